The van der Waals surface area contributed by atoms with Crippen molar-refractivity contribution < 1.29 is 29.6 Å². The molecule has 0 saturated carbocycles. The van der Waals surface area contributed by atoms with Crippen LogP contribution < -0.4 is 10.5 Å². The number of ketones is 1. The molecule has 34 heavy (non-hydrogen) atoms. The number of aliphatic carboxylic acids is 1. The third kappa shape index (κ3) is 7.35. The van der Waals surface area contributed by atoms with Crippen molar-refractivity contribution in [1.82, 2.24) is 0 Å². The number of hydrogen-bond acceptors (Lipinski definition) is 6. The van der Waals surface area contributed by atoms with Crippen LogP contribution in [0.5, 0.6) is 17.2 Å². The predicted molar refractivity (Wildman–Crippen MR) is 130 cm³/mol. The lowest BCUT2D eigenvalue weighted by Gasteiger charge is -2.19. The highest BCUT2D eigenvalue weighted by molar-refractivity contribution is 5.84. The van der Waals surface area contributed by atoms with Crippen LogP contribution in [0.25, 0.3) is 0 Å². The van der Waals surface area contributed by atoms with Crippen LogP contribution in [0, 0.1) is 0 Å². The summed E-state index contributed by atoms with van der Waals surface area (Å²) in [7, 11) is 1.64. The number of hydrogen-bond donors (Lipinski definition) is 4. The van der Waals surface area contributed by atoms with Gasteiger partial charge in [-0.2, -0.15) is 0 Å². The molecule has 3 rings (SSSR count). The van der Waals surface area contributed by atoms with Crippen molar-refractivity contribution in [3.63, 3.8) is 0 Å². The molecule has 0 aliphatic carbocycles. The van der Waals surface area contributed by atoms with Gasteiger partial charge in [-0.1, -0.05) is 54.6 Å². The zero-order valence-electron chi connectivity index (χ0n) is 19.6. The third-order valence-corrected chi connectivity index (χ3v) is 5.39. The molecule has 0 fully saturated rings. The smallest absolute Gasteiger partial charge is 0.323 e. The Morgan fingerprint density at radius 2 is 1.56 bits per heavy atom. The van der Waals surface area contributed by atoms with Crippen molar-refractivity contribution in [1.29, 1.82) is 0 Å². The normalized spacial score (nSPS) is 13.1. The maximum atomic E-state index is 12.0. The van der Waals surface area contributed by atoms with Gasteiger partial charge in [0.05, 0.1) is 13.0 Å². The molecule has 7 heteroatoms. The van der Waals surface area contributed by atoms with Gasteiger partial charge < -0.3 is 25.8 Å². The number of rotatable bonds is 8. The second kappa shape index (κ2) is 11.9. The first-order chi connectivity index (χ1) is 16.0. The van der Waals surface area contributed by atoms with Crippen molar-refractivity contribution >= 4 is 11.8 Å². The topological polar surface area (TPSA) is 130 Å². The first kappa shape index (κ1) is 26.4. The van der Waals surface area contributed by atoms with Gasteiger partial charge in [0.1, 0.15) is 17.1 Å². The molecule has 0 saturated heterocycles. The van der Waals surface area contributed by atoms with Crippen molar-refractivity contribution in [2.75, 3.05) is 7.11 Å². The van der Waals surface area contributed by atoms with Gasteiger partial charge in [-0.3, -0.25) is 9.59 Å². The molecular weight excluding hydrogens is 434 g/mol. The fourth-order valence-electron chi connectivity index (χ4n) is 3.46. The lowest BCUT2D eigenvalue weighted by molar-refractivity contribution is -0.142. The van der Waals surface area contributed by atoms with Crippen molar-refractivity contribution in [2.24, 2.45) is 5.73 Å². The Kier molecular flexibility index (Phi) is 9.21. The van der Waals surface area contributed by atoms with E-state index in [1.165, 1.54) is 25.1 Å². The van der Waals surface area contributed by atoms with Gasteiger partial charge in [0.15, 0.2) is 11.5 Å². The maximum Gasteiger partial charge on any atom is 0.323 e. The summed E-state index contributed by atoms with van der Waals surface area (Å²) in [6, 6.07) is 21.9. The Balaban J connectivity index is 0.000000248. The van der Waals surface area contributed by atoms with Crippen LogP contribution in [-0.4, -0.2) is 39.7 Å². The lowest BCUT2D eigenvalue weighted by Crippen LogP contribution is -2.46. The summed E-state index contributed by atoms with van der Waals surface area (Å²) in [5.41, 5.74) is 6.82. The van der Waals surface area contributed by atoms with Gasteiger partial charge in [0.25, 0.3) is 0 Å². The number of carbonyl (C=O) groups is 2. The Morgan fingerprint density at radius 1 is 0.941 bits per heavy atom. The van der Waals surface area contributed by atoms with E-state index in [4.69, 9.17) is 20.7 Å². The van der Waals surface area contributed by atoms with Crippen molar-refractivity contribution in [3.05, 3.63) is 89.5 Å². The molecule has 7 nitrogen and oxygen atoms in total. The summed E-state index contributed by atoms with van der Waals surface area (Å²) in [4.78, 5) is 22.7. The summed E-state index contributed by atoms with van der Waals surface area (Å²) >= 11 is 0. The molecule has 180 valence electrons. The molecule has 5 N–H and O–H groups in total. The highest BCUT2D eigenvalue weighted by Crippen LogP contribution is 2.30. The zero-order valence-corrected chi connectivity index (χ0v) is 19.6. The Labute approximate surface area is 199 Å². The Hall–Kier alpha value is -3.84. The highest BCUT2D eigenvalue weighted by Gasteiger charge is 2.28. The van der Waals surface area contributed by atoms with E-state index in [1.54, 1.807) is 14.0 Å². The third-order valence-electron chi connectivity index (χ3n) is 5.39. The van der Waals surface area contributed by atoms with Gasteiger partial charge in [0.2, 0.25) is 0 Å². The number of carboxylic acid groups (broad SMARTS) is 1. The van der Waals surface area contributed by atoms with Crippen LogP contribution in [0.1, 0.15) is 36.5 Å². The minimum absolute atomic E-state index is 0.0795. The second-order valence-corrected chi connectivity index (χ2v) is 8.32. The fraction of sp³-hybridized carbons (Fsp3) is 0.259. The second-order valence-electron chi connectivity index (χ2n) is 8.32. The molecule has 0 heterocycles. The number of phenolic OH excluding ortho intramolecular Hbond substituents is 2. The zero-order chi connectivity index (χ0) is 25.3. The number of benzene rings is 3. The first-order valence-electron chi connectivity index (χ1n) is 10.8. The van der Waals surface area contributed by atoms with Gasteiger partial charge in [-0.25, -0.2) is 0 Å². The Bertz CT molecular complexity index is 1110. The van der Waals surface area contributed by atoms with Gasteiger partial charge in [-0.15, -0.1) is 0 Å². The SMILES string of the molecule is COc1ccccc1C(Cc1ccccc1)C(C)=O.C[C@](N)(Cc1ccc(O)c(O)c1)C(=O)O. The first-order valence-corrected chi connectivity index (χ1v) is 10.8. The number of phenols is 2. The molecule has 3 aromatic carbocycles. The van der Waals surface area contributed by atoms with Gasteiger partial charge in [0, 0.05) is 12.0 Å². The molecule has 1 unspecified atom stereocenters. The molecule has 3 aromatic rings. The van der Waals surface area contributed by atoms with Crippen LogP contribution in [-0.2, 0) is 22.4 Å². The number of Topliss-reactive ketones (excluding diaryl/α,β-unsaturated/α-hetero) is 1. The quantitative estimate of drug-likeness (QED) is 0.369. The molecule has 0 spiro atoms. The molecule has 0 bridgehead atoms. The van der Waals surface area contributed by atoms with E-state index in [1.807, 2.05) is 54.6 Å². The molecule has 0 aliphatic rings. The van der Waals surface area contributed by atoms with Crippen LogP contribution in [0.4, 0.5) is 0 Å². The summed E-state index contributed by atoms with van der Waals surface area (Å²) in [5.74, 6) is -0.859. The van der Waals surface area contributed by atoms with Crippen LogP contribution >= 0.6 is 0 Å². The van der Waals surface area contributed by atoms with E-state index in [-0.39, 0.29) is 29.6 Å². The van der Waals surface area contributed by atoms with E-state index < -0.39 is 11.5 Å². The molecule has 2 atom stereocenters. The van der Waals surface area contributed by atoms with E-state index in [2.05, 4.69) is 0 Å². The number of para-hydroxylation sites is 1. The molecule has 0 aromatic heterocycles. The van der Waals surface area contributed by atoms with E-state index in [9.17, 15) is 14.7 Å². The molecule has 0 amide bonds. The summed E-state index contributed by atoms with van der Waals surface area (Å²) < 4.78 is 5.36. The number of carboxylic acids is 1. The average Bonchev–Trinajstić information content (AvgIpc) is 2.80. The van der Waals surface area contributed by atoms with Crippen molar-refractivity contribution in [2.45, 2.75) is 38.1 Å². The van der Waals surface area contributed by atoms with Gasteiger partial charge >= 0.3 is 5.97 Å². The van der Waals surface area contributed by atoms with E-state index in [0.717, 1.165) is 16.9 Å². The maximum absolute atomic E-state index is 12.0. The number of carbonyl (C=O) groups excluding carboxylic acids is 1. The molecule has 0 aliphatic heterocycles. The number of ether oxygens (including phenoxy) is 1. The predicted octanol–water partition coefficient (Wildman–Crippen LogP) is 4.05. The fourth-order valence-corrected chi connectivity index (χ4v) is 3.46. The van der Waals surface area contributed by atoms with Crippen LogP contribution in [0.3, 0.4) is 0 Å². The van der Waals surface area contributed by atoms with E-state index >= 15 is 0 Å². The monoisotopic (exact) mass is 465 g/mol. The van der Waals surface area contributed by atoms with Crippen LogP contribution in [0.2, 0.25) is 0 Å². The van der Waals surface area contributed by atoms with Gasteiger partial charge in [-0.05, 0) is 49.6 Å². The lowest BCUT2D eigenvalue weighted by atomic mass is 9.88. The van der Waals surface area contributed by atoms with E-state index in [0.29, 0.717) is 12.0 Å². The standard InChI is InChI=1S/C17H18O2.C10H13NO4/c1-13(18)16(12-14-8-4-3-5-9-14)15-10-6-7-11-17(15)19-2;1-10(11,9(14)15)5-6-2-3-7(12)8(13)4-6/h3-11,16H,12H2,1-2H3;2-4,12-13H,5,11H2,1H3,(H,14,15)/t;10-/m.0/s1. The minimum Gasteiger partial charge on any atom is -0.504 e. The number of aromatic hydroxyl groups is 2. The average molecular weight is 466 g/mol. The number of nitrogens with two attached hydrogens (primary N) is 1. The highest BCUT2D eigenvalue weighted by atomic mass is 16.5. The largest absolute Gasteiger partial charge is 0.504 e. The minimum atomic E-state index is -1.39. The summed E-state index contributed by atoms with van der Waals surface area (Å²) in [6.45, 7) is 3.03. The Morgan fingerprint density at radius 3 is 2.12 bits per heavy atom. The molecular formula is C27H31NO6. The summed E-state index contributed by atoms with van der Waals surface area (Å²) in [6.07, 6.45) is 0.784. The van der Waals surface area contributed by atoms with Crippen LogP contribution in [0.15, 0.2) is 72.8 Å². The van der Waals surface area contributed by atoms with Crippen molar-refractivity contribution in [3.8, 4) is 17.2 Å². The summed E-state index contributed by atoms with van der Waals surface area (Å²) in [5, 5.41) is 27.0. The molecule has 0 radical (unpaired) electrons. The number of methoxy groups -OCH3 is 1.